The lowest BCUT2D eigenvalue weighted by molar-refractivity contribution is -0.121. The molecule has 1 aliphatic rings. The lowest BCUT2D eigenvalue weighted by atomic mass is 9.97. The summed E-state index contributed by atoms with van der Waals surface area (Å²) in [6.07, 6.45) is 6.60. The molecule has 1 unspecified atom stereocenters. The number of amides is 3. The van der Waals surface area contributed by atoms with Crippen molar-refractivity contribution < 1.29 is 14.3 Å². The van der Waals surface area contributed by atoms with Gasteiger partial charge < -0.3 is 20.3 Å². The number of ether oxygens (including phenoxy) is 1. The van der Waals surface area contributed by atoms with E-state index in [0.29, 0.717) is 37.7 Å². The van der Waals surface area contributed by atoms with Gasteiger partial charge in [-0.2, -0.15) is 5.10 Å². The number of pyridine rings is 1. The van der Waals surface area contributed by atoms with Crippen LogP contribution in [0.1, 0.15) is 18.4 Å². The standard InChI is InChI=1S/C19H26N6O3/c1-14-5-6-17(20-10-14)23-18(26)15-4-3-7-24(12-15)19(27)22-16-11-21-25(13-16)8-9-28-2/h5-6,10-11,13,15H,3-4,7-9,12H2,1-2H3,(H,22,27)(H,20,23,26). The first kappa shape index (κ1) is 19.8. The summed E-state index contributed by atoms with van der Waals surface area (Å²) < 4.78 is 6.72. The number of anilines is 2. The van der Waals surface area contributed by atoms with E-state index < -0.39 is 0 Å². The highest BCUT2D eigenvalue weighted by Gasteiger charge is 2.28. The molecular formula is C19H26N6O3. The topological polar surface area (TPSA) is 101 Å². The predicted molar refractivity (Wildman–Crippen MR) is 105 cm³/mol. The monoisotopic (exact) mass is 386 g/mol. The van der Waals surface area contributed by atoms with Crippen molar-refractivity contribution in [2.75, 3.05) is 37.4 Å². The molecule has 1 atom stereocenters. The highest BCUT2D eigenvalue weighted by molar-refractivity contribution is 5.93. The zero-order valence-corrected chi connectivity index (χ0v) is 16.2. The molecule has 150 valence electrons. The summed E-state index contributed by atoms with van der Waals surface area (Å²) in [6.45, 7) is 4.11. The molecule has 0 saturated carbocycles. The van der Waals surface area contributed by atoms with Crippen LogP contribution in [0.25, 0.3) is 0 Å². The Hall–Kier alpha value is -2.94. The number of hydrogen-bond acceptors (Lipinski definition) is 5. The van der Waals surface area contributed by atoms with Gasteiger partial charge in [-0.1, -0.05) is 6.07 Å². The molecule has 1 saturated heterocycles. The molecule has 2 N–H and O–H groups in total. The molecule has 0 aromatic carbocycles. The van der Waals surface area contributed by atoms with E-state index in [9.17, 15) is 9.59 Å². The summed E-state index contributed by atoms with van der Waals surface area (Å²) in [4.78, 5) is 31.0. The van der Waals surface area contributed by atoms with Gasteiger partial charge in [-0.3, -0.25) is 9.48 Å². The SMILES string of the molecule is COCCn1cc(NC(=O)N2CCCC(C(=O)Nc3ccc(C)cn3)C2)cn1. The first-order valence-electron chi connectivity index (χ1n) is 9.36. The average molecular weight is 386 g/mol. The van der Waals surface area contributed by atoms with Crippen molar-refractivity contribution >= 4 is 23.4 Å². The van der Waals surface area contributed by atoms with Crippen LogP contribution in [0.5, 0.6) is 0 Å². The highest BCUT2D eigenvalue weighted by atomic mass is 16.5. The van der Waals surface area contributed by atoms with Crippen molar-refractivity contribution in [1.82, 2.24) is 19.7 Å². The predicted octanol–water partition coefficient (Wildman–Crippen LogP) is 2.12. The lowest BCUT2D eigenvalue weighted by Gasteiger charge is -2.31. The van der Waals surface area contributed by atoms with Gasteiger partial charge in [0.25, 0.3) is 0 Å². The van der Waals surface area contributed by atoms with Crippen LogP contribution in [0, 0.1) is 12.8 Å². The van der Waals surface area contributed by atoms with Crippen molar-refractivity contribution in [1.29, 1.82) is 0 Å². The Bertz CT molecular complexity index is 804. The molecule has 0 bridgehead atoms. The number of methoxy groups -OCH3 is 1. The summed E-state index contributed by atoms with van der Waals surface area (Å²) in [5, 5.41) is 9.86. The van der Waals surface area contributed by atoms with Gasteiger partial charge in [0, 0.05) is 32.6 Å². The van der Waals surface area contributed by atoms with Crippen LogP contribution in [0.15, 0.2) is 30.7 Å². The normalized spacial score (nSPS) is 16.6. The number of nitrogens with zero attached hydrogens (tertiary/aromatic N) is 4. The van der Waals surface area contributed by atoms with Crippen LogP contribution in [-0.2, 0) is 16.1 Å². The van der Waals surface area contributed by atoms with Gasteiger partial charge >= 0.3 is 6.03 Å². The minimum absolute atomic E-state index is 0.110. The third kappa shape index (κ3) is 5.29. The maximum atomic E-state index is 12.6. The Balaban J connectivity index is 1.53. The van der Waals surface area contributed by atoms with Crippen LogP contribution in [-0.4, -0.2) is 58.4 Å². The quantitative estimate of drug-likeness (QED) is 0.792. The summed E-state index contributed by atoms with van der Waals surface area (Å²) in [7, 11) is 1.63. The molecule has 0 spiro atoms. The van der Waals surface area contributed by atoms with Crippen molar-refractivity contribution in [2.24, 2.45) is 5.92 Å². The van der Waals surface area contributed by atoms with Crippen LogP contribution >= 0.6 is 0 Å². The van der Waals surface area contributed by atoms with E-state index in [1.54, 1.807) is 41.3 Å². The zero-order valence-electron chi connectivity index (χ0n) is 16.2. The van der Waals surface area contributed by atoms with Gasteiger partial charge in [-0.25, -0.2) is 9.78 Å². The van der Waals surface area contributed by atoms with Crippen molar-refractivity contribution in [2.45, 2.75) is 26.3 Å². The van der Waals surface area contributed by atoms with Crippen LogP contribution in [0.2, 0.25) is 0 Å². The number of aromatic nitrogens is 3. The number of carbonyl (C=O) groups is 2. The number of piperidine rings is 1. The van der Waals surface area contributed by atoms with Crippen LogP contribution < -0.4 is 10.6 Å². The molecule has 0 aliphatic carbocycles. The maximum absolute atomic E-state index is 12.6. The molecule has 0 radical (unpaired) electrons. The number of aryl methyl sites for hydroxylation is 1. The first-order valence-corrected chi connectivity index (χ1v) is 9.36. The second-order valence-electron chi connectivity index (χ2n) is 6.91. The zero-order chi connectivity index (χ0) is 19.9. The molecule has 3 amide bonds. The van der Waals surface area contributed by atoms with Crippen LogP contribution in [0.3, 0.4) is 0 Å². The fraction of sp³-hybridized carbons (Fsp3) is 0.474. The fourth-order valence-electron chi connectivity index (χ4n) is 3.08. The fourth-order valence-corrected chi connectivity index (χ4v) is 3.08. The number of hydrogen-bond donors (Lipinski definition) is 2. The van der Waals surface area contributed by atoms with Gasteiger partial charge in [0.05, 0.1) is 31.0 Å². The summed E-state index contributed by atoms with van der Waals surface area (Å²) in [5.41, 5.74) is 1.65. The molecule has 2 aromatic rings. The Morgan fingerprint density at radius 2 is 2.14 bits per heavy atom. The molecule has 3 heterocycles. The van der Waals surface area contributed by atoms with E-state index in [1.165, 1.54) is 0 Å². The minimum atomic E-state index is -0.257. The van der Waals surface area contributed by atoms with E-state index in [4.69, 9.17) is 4.74 Å². The van der Waals surface area contributed by atoms with E-state index in [-0.39, 0.29) is 17.9 Å². The summed E-state index contributed by atoms with van der Waals surface area (Å²) >= 11 is 0. The Morgan fingerprint density at radius 3 is 2.89 bits per heavy atom. The number of rotatable bonds is 6. The van der Waals surface area contributed by atoms with Crippen molar-refractivity contribution in [3.05, 3.63) is 36.3 Å². The Kier molecular flexibility index (Phi) is 6.59. The largest absolute Gasteiger partial charge is 0.383 e. The van der Waals surface area contributed by atoms with Gasteiger partial charge in [0.15, 0.2) is 0 Å². The van der Waals surface area contributed by atoms with Crippen molar-refractivity contribution in [3.63, 3.8) is 0 Å². The molecule has 9 heteroatoms. The second-order valence-corrected chi connectivity index (χ2v) is 6.91. The number of urea groups is 1. The number of carbonyl (C=O) groups excluding carboxylic acids is 2. The van der Waals surface area contributed by atoms with Gasteiger partial charge in [-0.15, -0.1) is 0 Å². The second kappa shape index (κ2) is 9.32. The average Bonchev–Trinajstić information content (AvgIpc) is 3.15. The molecule has 2 aromatic heterocycles. The molecular weight excluding hydrogens is 360 g/mol. The minimum Gasteiger partial charge on any atom is -0.383 e. The first-order chi connectivity index (χ1) is 13.5. The van der Waals surface area contributed by atoms with E-state index in [2.05, 4.69) is 20.7 Å². The Morgan fingerprint density at radius 1 is 1.29 bits per heavy atom. The third-order valence-electron chi connectivity index (χ3n) is 4.65. The molecule has 1 aliphatic heterocycles. The maximum Gasteiger partial charge on any atom is 0.321 e. The van der Waals surface area contributed by atoms with Gasteiger partial charge in [0.2, 0.25) is 5.91 Å². The van der Waals surface area contributed by atoms with E-state index >= 15 is 0 Å². The number of likely N-dealkylation sites (tertiary alicyclic amines) is 1. The molecule has 9 nitrogen and oxygen atoms in total. The molecule has 3 rings (SSSR count). The smallest absolute Gasteiger partial charge is 0.321 e. The van der Waals surface area contributed by atoms with Gasteiger partial charge in [0.1, 0.15) is 5.82 Å². The highest BCUT2D eigenvalue weighted by Crippen LogP contribution is 2.19. The third-order valence-corrected chi connectivity index (χ3v) is 4.65. The van der Waals surface area contributed by atoms with E-state index in [1.807, 2.05) is 13.0 Å². The van der Waals surface area contributed by atoms with E-state index in [0.717, 1.165) is 18.4 Å². The molecule has 28 heavy (non-hydrogen) atoms. The van der Waals surface area contributed by atoms with Crippen molar-refractivity contribution in [3.8, 4) is 0 Å². The number of nitrogens with one attached hydrogen (secondary N) is 2. The van der Waals surface area contributed by atoms with Crippen LogP contribution in [0.4, 0.5) is 16.3 Å². The lowest BCUT2D eigenvalue weighted by Crippen LogP contribution is -2.45. The summed E-state index contributed by atoms with van der Waals surface area (Å²) in [5.74, 6) is 0.161. The van der Waals surface area contributed by atoms with Gasteiger partial charge in [-0.05, 0) is 31.4 Å². The molecule has 1 fully saturated rings. The Labute approximate surface area is 164 Å². The summed E-state index contributed by atoms with van der Waals surface area (Å²) in [6, 6.07) is 3.45.